The lowest BCUT2D eigenvalue weighted by Crippen LogP contribution is -2.10. The molecule has 55 heavy (non-hydrogen) atoms. The quantitative estimate of drug-likeness (QED) is 0.169. The van der Waals surface area contributed by atoms with E-state index in [1.165, 1.54) is 0 Å². The Labute approximate surface area is 366 Å². The van der Waals surface area contributed by atoms with Gasteiger partial charge in [0.25, 0.3) is 0 Å². The maximum Gasteiger partial charge on any atom is 0.143 e. The second kappa shape index (κ2) is 12.6. The molecule has 0 N–H and O–H groups in total. The average molecular weight is 737 g/mol. The van der Waals surface area contributed by atoms with Crippen LogP contribution in [0.4, 0.5) is 17.1 Å². The van der Waals surface area contributed by atoms with Crippen LogP contribution in [0.3, 0.4) is 0 Å². The number of nitrogens with zero attached hydrogens (tertiary/aromatic N) is 2. The molecule has 0 saturated heterocycles. The minimum Gasteiger partial charge on any atom is -0.455 e. The number of furan rings is 1. The van der Waals surface area contributed by atoms with E-state index in [0.717, 1.165) is 0 Å². The molecule has 2 heterocycles. The standard InChI is InChI=1S/C52H34N2O/c1-2-15-38(16-3-1)53(39-29-25-36(26-30-39)43-21-12-14-35-13-4-5-17-42(35)43)41-33-47(52-48(34-41)46-20-8-11-24-51(46)55-52)37-27-31-40(32-28-37)54-49-22-9-6-18-44(49)45-19-7-10-23-50(45)54/h1-34H/i1D,2D,3D,4D,5D,6D,7D,8D,9D,10D,11D,12D,13D,14D,15D,16D,17D,18D,19D,20D,21D,22D,23D,24D,25D,26D,27D,28D,29D,30D,31D,32D,33D,34D. The van der Waals surface area contributed by atoms with E-state index < -0.39 is 305 Å². The first-order valence-electron chi connectivity index (χ1n) is 33.0. The number of benzene rings is 9. The number of hydrogen-bond acceptors (Lipinski definition) is 2. The molecule has 0 bridgehead atoms. The Morgan fingerprint density at radius 3 is 1.71 bits per heavy atom. The zero-order valence-electron chi connectivity index (χ0n) is 61.3. The predicted octanol–water partition coefficient (Wildman–Crippen LogP) is 14.6. The van der Waals surface area contributed by atoms with Gasteiger partial charge < -0.3 is 13.9 Å². The molecule has 9 aromatic carbocycles. The fourth-order valence-electron chi connectivity index (χ4n) is 6.15. The Bertz CT molecular complexity index is 5030. The highest BCUT2D eigenvalue weighted by Crippen LogP contribution is 2.44. The zero-order valence-corrected chi connectivity index (χ0v) is 27.3. The summed E-state index contributed by atoms with van der Waals surface area (Å²) in [6.07, 6.45) is 0. The first-order chi connectivity index (χ1) is 41.4. The lowest BCUT2D eigenvalue weighted by atomic mass is 9.97. The van der Waals surface area contributed by atoms with Crippen molar-refractivity contribution in [2.45, 2.75) is 0 Å². The molecule has 2 aromatic heterocycles. The number of fused-ring (bicyclic) bond motifs is 7. The summed E-state index contributed by atoms with van der Waals surface area (Å²) in [5.74, 6) is 0. The second-order valence-corrected chi connectivity index (χ2v) is 11.5. The molecule has 0 radical (unpaired) electrons. The van der Waals surface area contributed by atoms with Crippen molar-refractivity contribution in [1.29, 1.82) is 0 Å². The van der Waals surface area contributed by atoms with E-state index in [1.54, 1.807) is 0 Å². The highest BCUT2D eigenvalue weighted by molar-refractivity contribution is 6.12. The van der Waals surface area contributed by atoms with Crippen LogP contribution in [0.2, 0.25) is 0 Å². The molecule has 0 aliphatic heterocycles. The van der Waals surface area contributed by atoms with E-state index in [1.807, 2.05) is 0 Å². The van der Waals surface area contributed by atoms with Crippen molar-refractivity contribution < 1.29 is 51.0 Å². The van der Waals surface area contributed by atoms with Gasteiger partial charge in [-0.1, -0.05) is 139 Å². The van der Waals surface area contributed by atoms with Gasteiger partial charge in [0.15, 0.2) is 0 Å². The van der Waals surface area contributed by atoms with Crippen LogP contribution in [-0.2, 0) is 0 Å². The topological polar surface area (TPSA) is 21.3 Å². The molecule has 0 atom stereocenters. The Morgan fingerprint density at radius 2 is 0.964 bits per heavy atom. The monoisotopic (exact) mass is 736 g/mol. The average Bonchev–Trinajstić information content (AvgIpc) is 1.67. The molecule has 0 saturated carbocycles. The van der Waals surface area contributed by atoms with E-state index >= 15 is 0 Å². The third-order valence-corrected chi connectivity index (χ3v) is 8.50. The van der Waals surface area contributed by atoms with Gasteiger partial charge >= 0.3 is 0 Å². The van der Waals surface area contributed by atoms with Crippen LogP contribution in [0.15, 0.2) is 210 Å². The van der Waals surface area contributed by atoms with Gasteiger partial charge in [-0.2, -0.15) is 0 Å². The van der Waals surface area contributed by atoms with E-state index in [2.05, 4.69) is 0 Å². The van der Waals surface area contributed by atoms with Gasteiger partial charge in [0, 0.05) is 49.9 Å². The van der Waals surface area contributed by atoms with Crippen LogP contribution >= 0.6 is 0 Å². The zero-order chi connectivity index (χ0) is 65.9. The smallest absolute Gasteiger partial charge is 0.143 e. The van der Waals surface area contributed by atoms with Crippen LogP contribution in [0.5, 0.6) is 0 Å². The van der Waals surface area contributed by atoms with Crippen molar-refractivity contribution in [3.63, 3.8) is 0 Å². The molecule has 11 rings (SSSR count). The van der Waals surface area contributed by atoms with Gasteiger partial charge in [-0.15, -0.1) is 0 Å². The summed E-state index contributed by atoms with van der Waals surface area (Å²) in [4.78, 5) is 0.306. The minimum atomic E-state index is -1.34. The number of rotatable bonds is 6. The summed E-state index contributed by atoms with van der Waals surface area (Å²) in [5, 5.41) is -3.96. The molecule has 0 amide bonds. The number of para-hydroxylation sites is 4. The van der Waals surface area contributed by atoms with Crippen LogP contribution < -0.4 is 4.90 Å². The van der Waals surface area contributed by atoms with Crippen LogP contribution in [0.1, 0.15) is 46.6 Å². The third-order valence-electron chi connectivity index (χ3n) is 8.50. The number of hydrogen-bond donors (Lipinski definition) is 0. The summed E-state index contributed by atoms with van der Waals surface area (Å²) in [6.45, 7) is 0. The lowest BCUT2D eigenvalue weighted by Gasteiger charge is -2.26. The van der Waals surface area contributed by atoms with Crippen LogP contribution in [0, 0.1) is 0 Å². The summed E-state index contributed by atoms with van der Waals surface area (Å²) in [7, 11) is 0. The number of anilines is 3. The summed E-state index contributed by atoms with van der Waals surface area (Å²) in [6, 6.07) is -35.9. The maximum absolute atomic E-state index is 10.2. The fraction of sp³-hybridized carbons (Fsp3) is 0. The van der Waals surface area contributed by atoms with E-state index in [0.29, 0.717) is 9.47 Å². The Hall–Kier alpha value is -7.36. The largest absolute Gasteiger partial charge is 0.455 e. The van der Waals surface area contributed by atoms with E-state index in [9.17, 15) is 16.4 Å². The minimum absolute atomic E-state index is 0.306. The van der Waals surface area contributed by atoms with Crippen molar-refractivity contribution in [1.82, 2.24) is 4.57 Å². The first-order valence-corrected chi connectivity index (χ1v) is 16.0. The molecule has 3 heteroatoms. The van der Waals surface area contributed by atoms with Gasteiger partial charge in [-0.25, -0.2) is 0 Å². The molecular weight excluding hydrogens is 669 g/mol. The molecule has 11 aromatic rings. The molecule has 0 unspecified atom stereocenters. The summed E-state index contributed by atoms with van der Waals surface area (Å²) >= 11 is 0. The fourth-order valence-corrected chi connectivity index (χ4v) is 6.15. The van der Waals surface area contributed by atoms with Crippen LogP contribution in [-0.4, -0.2) is 4.57 Å². The van der Waals surface area contributed by atoms with Gasteiger partial charge in [-0.05, 0) is 93.9 Å². The summed E-state index contributed by atoms with van der Waals surface area (Å²) in [5.41, 5.74) is -11.4. The molecule has 3 nitrogen and oxygen atoms in total. The summed E-state index contributed by atoms with van der Waals surface area (Å²) < 4.78 is 315. The Kier molecular flexibility index (Phi) is 2.84. The normalized spacial score (nSPS) is 20.3. The first kappa shape index (κ1) is 12.3. The Balaban J connectivity index is 1.35. The molecule has 0 spiro atoms. The lowest BCUT2D eigenvalue weighted by molar-refractivity contribution is 0.670. The van der Waals surface area contributed by atoms with Crippen molar-refractivity contribution in [3.8, 4) is 27.9 Å². The van der Waals surface area contributed by atoms with Crippen LogP contribution in [0.25, 0.3) is 82.5 Å². The second-order valence-electron chi connectivity index (χ2n) is 11.5. The molecule has 0 fully saturated rings. The molecule has 0 aliphatic carbocycles. The van der Waals surface area contributed by atoms with E-state index in [-0.39, 0.29) is 0 Å². The van der Waals surface area contributed by atoms with Crippen molar-refractivity contribution in [2.75, 3.05) is 4.90 Å². The van der Waals surface area contributed by atoms with Gasteiger partial charge in [0.2, 0.25) is 0 Å². The number of aromatic nitrogens is 1. The predicted molar refractivity (Wildman–Crippen MR) is 231 cm³/mol. The van der Waals surface area contributed by atoms with Crippen molar-refractivity contribution >= 4 is 71.6 Å². The molecule has 0 aliphatic rings. The van der Waals surface area contributed by atoms with Gasteiger partial charge in [0.05, 0.1) is 57.6 Å². The Morgan fingerprint density at radius 1 is 0.400 bits per heavy atom. The highest BCUT2D eigenvalue weighted by Gasteiger charge is 2.20. The van der Waals surface area contributed by atoms with Gasteiger partial charge in [0.1, 0.15) is 11.2 Å². The van der Waals surface area contributed by atoms with E-state index in [4.69, 9.17) is 34.6 Å². The highest BCUT2D eigenvalue weighted by atomic mass is 16.3. The SMILES string of the molecule is [2H]c1c([2H])c([2H])c(N(c2c([2H])c([2H])c(-c3c([2H])c([2H])c([2H])c4c([2H])c([2H])c([2H])c([2H])c34)c([2H])c2[2H])c2c([2H])c(-c3c([2H])c([2H])c(-n4c5c([2H])c([2H])c([2H])c([2H])c5c5c([2H])c([2H])c([2H])c([2H])c54)c([2H])c3[2H])c3oc4c([2H])c([2H])c([2H])c([2H])c4c3c2[2H])c([2H])c1[2H]. The van der Waals surface area contributed by atoms with Crippen molar-refractivity contribution in [3.05, 3.63) is 205 Å². The third kappa shape index (κ3) is 5.13. The molecular formula is C52H34N2O. The van der Waals surface area contributed by atoms with Gasteiger partial charge in [-0.3, -0.25) is 0 Å². The maximum atomic E-state index is 10.2. The molecule has 258 valence electrons. The van der Waals surface area contributed by atoms with Crippen molar-refractivity contribution in [2.24, 2.45) is 0 Å².